The van der Waals surface area contributed by atoms with E-state index in [0.29, 0.717) is 12.0 Å². The number of cyclic esters (lactones) is 1. The lowest BCUT2D eigenvalue weighted by atomic mass is 9.99. The Morgan fingerprint density at radius 3 is 2.92 bits per heavy atom. The molecule has 65 valence electrons. The zero-order valence-corrected chi connectivity index (χ0v) is 6.82. The molecule has 1 radical (unpaired) electrons. The van der Waals surface area contributed by atoms with Crippen molar-refractivity contribution in [3.8, 4) is 0 Å². The molecule has 0 aliphatic carbocycles. The van der Waals surface area contributed by atoms with Gasteiger partial charge in [-0.3, -0.25) is 4.79 Å². The second kappa shape index (κ2) is 3.01. The van der Waals surface area contributed by atoms with Gasteiger partial charge in [0.15, 0.2) is 6.10 Å². The van der Waals surface area contributed by atoms with E-state index in [1.165, 1.54) is 0 Å². The van der Waals surface area contributed by atoms with Crippen LogP contribution < -0.4 is 0 Å². The number of carbonyl (C=O) groups excluding carboxylic acids is 2. The van der Waals surface area contributed by atoms with Crippen LogP contribution in [-0.4, -0.2) is 18.4 Å². The molecule has 1 unspecified atom stereocenters. The maximum Gasteiger partial charge on any atom is 0.339 e. The smallest absolute Gasteiger partial charge is 0.339 e. The highest BCUT2D eigenvalue weighted by Gasteiger charge is 2.25. The summed E-state index contributed by atoms with van der Waals surface area (Å²) >= 11 is 0. The molecule has 1 aromatic carbocycles. The molecule has 0 amide bonds. The van der Waals surface area contributed by atoms with E-state index < -0.39 is 12.1 Å². The van der Waals surface area contributed by atoms with Gasteiger partial charge in [0.25, 0.3) is 0 Å². The van der Waals surface area contributed by atoms with E-state index in [9.17, 15) is 9.59 Å². The number of fused-ring (bicyclic) bond motifs is 1. The predicted molar refractivity (Wildman–Crippen MR) is 45.0 cm³/mol. The minimum absolute atomic E-state index is 0.435. The largest absolute Gasteiger partial charge is 0.450 e. The summed E-state index contributed by atoms with van der Waals surface area (Å²) in [6, 6.07) is 7.11. The third-order valence-corrected chi connectivity index (χ3v) is 2.02. The van der Waals surface area contributed by atoms with Crippen molar-refractivity contribution in [3.05, 3.63) is 35.4 Å². The first-order chi connectivity index (χ1) is 6.31. The molecule has 1 heterocycles. The first kappa shape index (κ1) is 7.98. The fraction of sp³-hybridized carbons (Fsp3) is 0.200. The Morgan fingerprint density at radius 1 is 1.38 bits per heavy atom. The van der Waals surface area contributed by atoms with Crippen LogP contribution in [0.5, 0.6) is 0 Å². The maximum atomic E-state index is 11.3. The van der Waals surface area contributed by atoms with Crippen LogP contribution >= 0.6 is 0 Å². The Labute approximate surface area is 75.3 Å². The summed E-state index contributed by atoms with van der Waals surface area (Å²) in [5.74, 6) is -0.435. The Hall–Kier alpha value is -1.64. The van der Waals surface area contributed by atoms with E-state index in [0.717, 1.165) is 5.56 Å². The van der Waals surface area contributed by atoms with Gasteiger partial charge in [-0.05, 0) is 11.6 Å². The Morgan fingerprint density at radius 2 is 2.15 bits per heavy atom. The molecule has 3 nitrogen and oxygen atoms in total. The van der Waals surface area contributed by atoms with Gasteiger partial charge >= 0.3 is 5.97 Å². The van der Waals surface area contributed by atoms with Gasteiger partial charge in [0.05, 0.1) is 5.56 Å². The molecule has 1 aliphatic rings. The predicted octanol–water partition coefficient (Wildman–Crippen LogP) is 0.878. The molecule has 3 heteroatoms. The SMILES string of the molecule is O=[C]C1Cc2ccccc2C(=O)O1. The lowest BCUT2D eigenvalue weighted by molar-refractivity contribution is 0.0386. The van der Waals surface area contributed by atoms with Crippen LogP contribution in [0.3, 0.4) is 0 Å². The number of carbonyl (C=O) groups is 1. The van der Waals surface area contributed by atoms with Crippen molar-refractivity contribution < 1.29 is 14.3 Å². The van der Waals surface area contributed by atoms with Crippen molar-refractivity contribution in [1.29, 1.82) is 0 Å². The molecule has 0 saturated carbocycles. The summed E-state index contributed by atoms with van der Waals surface area (Å²) in [5, 5.41) is 0. The summed E-state index contributed by atoms with van der Waals surface area (Å²) in [4.78, 5) is 21.6. The van der Waals surface area contributed by atoms with Crippen molar-refractivity contribution in [2.75, 3.05) is 0 Å². The van der Waals surface area contributed by atoms with Crippen molar-refractivity contribution in [3.63, 3.8) is 0 Å². The normalized spacial score (nSPS) is 20.3. The summed E-state index contributed by atoms with van der Waals surface area (Å²) in [6.45, 7) is 0. The van der Waals surface area contributed by atoms with E-state index in [1.807, 2.05) is 12.1 Å². The maximum absolute atomic E-state index is 11.3. The first-order valence-corrected chi connectivity index (χ1v) is 3.98. The highest BCUT2D eigenvalue weighted by Crippen LogP contribution is 2.19. The number of hydrogen-bond acceptors (Lipinski definition) is 3. The molecular formula is C10H7O3. The minimum atomic E-state index is -0.734. The van der Waals surface area contributed by atoms with Crippen LogP contribution in [0.2, 0.25) is 0 Å². The van der Waals surface area contributed by atoms with Gasteiger partial charge in [-0.2, -0.15) is 0 Å². The average molecular weight is 175 g/mol. The van der Waals surface area contributed by atoms with Crippen LogP contribution in [-0.2, 0) is 16.0 Å². The number of benzene rings is 1. The van der Waals surface area contributed by atoms with Crippen molar-refractivity contribution >= 4 is 12.3 Å². The number of hydrogen-bond donors (Lipinski definition) is 0. The van der Waals surface area contributed by atoms with E-state index in [4.69, 9.17) is 4.74 Å². The van der Waals surface area contributed by atoms with Gasteiger partial charge < -0.3 is 4.74 Å². The van der Waals surface area contributed by atoms with Crippen LogP contribution in [0.1, 0.15) is 15.9 Å². The van der Waals surface area contributed by atoms with Gasteiger partial charge in [0.1, 0.15) is 0 Å². The van der Waals surface area contributed by atoms with E-state index in [-0.39, 0.29) is 0 Å². The zero-order chi connectivity index (χ0) is 9.26. The summed E-state index contributed by atoms with van der Waals surface area (Å²) in [6.07, 6.45) is 1.38. The molecule has 1 aromatic rings. The zero-order valence-electron chi connectivity index (χ0n) is 6.82. The summed E-state index contributed by atoms with van der Waals surface area (Å²) < 4.78 is 4.80. The van der Waals surface area contributed by atoms with E-state index >= 15 is 0 Å². The molecule has 1 aliphatic heterocycles. The summed E-state index contributed by atoms with van der Waals surface area (Å²) in [7, 11) is 0. The third-order valence-electron chi connectivity index (χ3n) is 2.02. The molecule has 0 N–H and O–H groups in total. The molecular weight excluding hydrogens is 168 g/mol. The van der Waals surface area contributed by atoms with Gasteiger partial charge in [0, 0.05) is 6.42 Å². The molecule has 2 rings (SSSR count). The first-order valence-electron chi connectivity index (χ1n) is 3.98. The lowest BCUT2D eigenvalue weighted by Gasteiger charge is -2.19. The van der Waals surface area contributed by atoms with E-state index in [1.54, 1.807) is 18.4 Å². The van der Waals surface area contributed by atoms with Crippen LogP contribution in [0, 0.1) is 0 Å². The molecule has 0 saturated heterocycles. The van der Waals surface area contributed by atoms with Crippen molar-refractivity contribution in [1.82, 2.24) is 0 Å². The minimum Gasteiger partial charge on any atom is -0.450 e. The number of ether oxygens (including phenoxy) is 1. The Balaban J connectivity index is 2.42. The summed E-state index contributed by atoms with van der Waals surface area (Å²) in [5.41, 5.74) is 1.40. The van der Waals surface area contributed by atoms with Crippen molar-refractivity contribution in [2.45, 2.75) is 12.5 Å². The third kappa shape index (κ3) is 1.33. The van der Waals surface area contributed by atoms with Gasteiger partial charge in [-0.1, -0.05) is 18.2 Å². The molecule has 0 aromatic heterocycles. The standard InChI is InChI=1S/C10H7O3/c11-6-8-5-7-3-1-2-4-9(7)10(12)13-8/h1-4,8H,5H2. The molecule has 0 bridgehead atoms. The fourth-order valence-electron chi connectivity index (χ4n) is 1.40. The van der Waals surface area contributed by atoms with Gasteiger partial charge in [-0.15, -0.1) is 0 Å². The molecule has 13 heavy (non-hydrogen) atoms. The second-order valence-electron chi connectivity index (χ2n) is 2.87. The van der Waals surface area contributed by atoms with Crippen molar-refractivity contribution in [2.24, 2.45) is 0 Å². The molecule has 1 atom stereocenters. The van der Waals surface area contributed by atoms with Gasteiger partial charge in [0.2, 0.25) is 6.29 Å². The van der Waals surface area contributed by atoms with Crippen LogP contribution in [0.25, 0.3) is 0 Å². The quantitative estimate of drug-likeness (QED) is 0.595. The highest BCUT2D eigenvalue weighted by atomic mass is 16.5. The monoisotopic (exact) mass is 175 g/mol. The van der Waals surface area contributed by atoms with E-state index in [2.05, 4.69) is 0 Å². The van der Waals surface area contributed by atoms with Gasteiger partial charge in [-0.25, -0.2) is 4.79 Å². The second-order valence-corrected chi connectivity index (χ2v) is 2.87. The van der Waals surface area contributed by atoms with Crippen LogP contribution in [0.4, 0.5) is 0 Å². The molecule has 0 spiro atoms. The lowest BCUT2D eigenvalue weighted by Crippen LogP contribution is -2.28. The topological polar surface area (TPSA) is 43.4 Å². The Kier molecular flexibility index (Phi) is 1.85. The highest BCUT2D eigenvalue weighted by molar-refractivity contribution is 5.93. The Bertz CT molecular complexity index is 357. The average Bonchev–Trinajstić information content (AvgIpc) is 2.18. The number of esters is 1. The van der Waals surface area contributed by atoms with Crippen LogP contribution in [0.15, 0.2) is 24.3 Å². The number of rotatable bonds is 1. The fourth-order valence-corrected chi connectivity index (χ4v) is 1.40. The molecule has 0 fully saturated rings.